The summed E-state index contributed by atoms with van der Waals surface area (Å²) < 4.78 is 0.220. The van der Waals surface area contributed by atoms with Gasteiger partial charge in [0.05, 0.1) is 6.04 Å². The lowest BCUT2D eigenvalue weighted by Gasteiger charge is -2.33. The molecule has 106 valence electrons. The zero-order chi connectivity index (χ0) is 14.1. The molecule has 1 aromatic carbocycles. The summed E-state index contributed by atoms with van der Waals surface area (Å²) in [5, 5.41) is 0. The molecule has 0 aliphatic carbocycles. The van der Waals surface area contributed by atoms with E-state index < -0.39 is 0 Å². The molecule has 0 radical (unpaired) electrons. The molecular formula is C16H26N2S. The first-order chi connectivity index (χ1) is 8.87. The number of nitrogens with two attached hydrogens (primary N) is 1. The molecule has 1 saturated heterocycles. The highest BCUT2D eigenvalue weighted by Gasteiger charge is 2.38. The van der Waals surface area contributed by atoms with Crippen LogP contribution in [0, 0.1) is 0 Å². The first-order valence-corrected chi connectivity index (χ1v) is 8.06. The highest BCUT2D eigenvalue weighted by atomic mass is 32.2. The maximum atomic E-state index is 5.83. The van der Waals surface area contributed by atoms with Gasteiger partial charge in [0.2, 0.25) is 0 Å². The molecule has 2 rings (SSSR count). The minimum absolute atomic E-state index is 0.205. The largest absolute Gasteiger partial charge is 0.271 e. The number of nitrogens with one attached hydrogen (secondary N) is 1. The van der Waals surface area contributed by atoms with Gasteiger partial charge >= 0.3 is 0 Å². The van der Waals surface area contributed by atoms with Crippen LogP contribution in [0.5, 0.6) is 0 Å². The minimum atomic E-state index is 0.205. The van der Waals surface area contributed by atoms with Crippen molar-refractivity contribution in [3.8, 4) is 0 Å². The summed E-state index contributed by atoms with van der Waals surface area (Å²) in [4.78, 5) is 0. The summed E-state index contributed by atoms with van der Waals surface area (Å²) in [7, 11) is 0. The van der Waals surface area contributed by atoms with Crippen LogP contribution in [-0.2, 0) is 5.41 Å². The molecule has 1 aromatic rings. The van der Waals surface area contributed by atoms with Crippen molar-refractivity contribution < 1.29 is 0 Å². The maximum absolute atomic E-state index is 5.83. The van der Waals surface area contributed by atoms with E-state index in [9.17, 15) is 0 Å². The van der Waals surface area contributed by atoms with E-state index in [0.29, 0.717) is 0 Å². The summed E-state index contributed by atoms with van der Waals surface area (Å²) in [6, 6.07) is 9.17. The van der Waals surface area contributed by atoms with Gasteiger partial charge in [0.1, 0.15) is 0 Å². The highest BCUT2D eigenvalue weighted by Crippen LogP contribution is 2.46. The second kappa shape index (κ2) is 5.47. The number of thioether (sulfide) groups is 1. The summed E-state index contributed by atoms with van der Waals surface area (Å²) in [5.41, 5.74) is 5.91. The lowest BCUT2D eigenvalue weighted by Crippen LogP contribution is -2.41. The fourth-order valence-corrected chi connectivity index (χ4v) is 4.24. The number of hydrogen-bond donors (Lipinski definition) is 2. The Labute approximate surface area is 121 Å². The van der Waals surface area contributed by atoms with Gasteiger partial charge in [-0.25, -0.2) is 0 Å². The second-order valence-corrected chi connectivity index (χ2v) is 8.37. The number of hydrogen-bond acceptors (Lipinski definition) is 3. The van der Waals surface area contributed by atoms with Crippen LogP contribution in [0.25, 0.3) is 0 Å². The number of hydrazine groups is 1. The molecule has 3 heteroatoms. The van der Waals surface area contributed by atoms with Crippen LogP contribution in [-0.4, -0.2) is 10.5 Å². The average molecular weight is 278 g/mol. The molecule has 2 nitrogen and oxygen atoms in total. The van der Waals surface area contributed by atoms with Gasteiger partial charge in [-0.15, -0.1) is 0 Å². The predicted molar refractivity (Wildman–Crippen MR) is 85.3 cm³/mol. The third kappa shape index (κ3) is 3.15. The third-order valence-electron chi connectivity index (χ3n) is 4.14. The Balaban J connectivity index is 2.24. The molecule has 19 heavy (non-hydrogen) atoms. The van der Waals surface area contributed by atoms with Crippen molar-refractivity contribution in [3.05, 3.63) is 35.4 Å². The van der Waals surface area contributed by atoms with E-state index in [1.165, 1.54) is 29.7 Å². The molecule has 0 saturated carbocycles. The SMILES string of the molecule is CC(C)(C)c1ccc(C(NN)C2(C)CCCS2)cc1. The first-order valence-electron chi connectivity index (χ1n) is 7.07. The zero-order valence-electron chi connectivity index (χ0n) is 12.5. The van der Waals surface area contributed by atoms with Crippen molar-refractivity contribution in [1.29, 1.82) is 0 Å². The molecule has 0 spiro atoms. The van der Waals surface area contributed by atoms with E-state index in [0.717, 1.165) is 0 Å². The van der Waals surface area contributed by atoms with Crippen LogP contribution in [0.3, 0.4) is 0 Å². The Morgan fingerprint density at radius 3 is 2.32 bits per heavy atom. The van der Waals surface area contributed by atoms with Crippen molar-refractivity contribution in [3.63, 3.8) is 0 Å². The normalized spacial score (nSPS) is 25.5. The summed E-state index contributed by atoms with van der Waals surface area (Å²) in [6.45, 7) is 9.06. The Bertz CT molecular complexity index is 413. The third-order valence-corrected chi connectivity index (χ3v) is 5.73. The minimum Gasteiger partial charge on any atom is -0.271 e. The van der Waals surface area contributed by atoms with E-state index in [-0.39, 0.29) is 16.2 Å². The van der Waals surface area contributed by atoms with Crippen molar-refractivity contribution >= 4 is 11.8 Å². The quantitative estimate of drug-likeness (QED) is 0.653. The van der Waals surface area contributed by atoms with E-state index in [4.69, 9.17) is 5.84 Å². The summed E-state index contributed by atoms with van der Waals surface area (Å²) in [6.07, 6.45) is 2.52. The Morgan fingerprint density at radius 1 is 1.26 bits per heavy atom. The Morgan fingerprint density at radius 2 is 1.89 bits per heavy atom. The number of rotatable bonds is 3. The van der Waals surface area contributed by atoms with Crippen molar-refractivity contribution in [2.24, 2.45) is 5.84 Å². The van der Waals surface area contributed by atoms with E-state index >= 15 is 0 Å². The first kappa shape index (κ1) is 14.9. The zero-order valence-corrected chi connectivity index (χ0v) is 13.3. The summed E-state index contributed by atoms with van der Waals surface area (Å²) in [5.74, 6) is 7.08. The van der Waals surface area contributed by atoms with Crippen LogP contribution in [0.1, 0.15) is 57.7 Å². The molecule has 0 aromatic heterocycles. The van der Waals surface area contributed by atoms with E-state index in [1.54, 1.807) is 0 Å². The van der Waals surface area contributed by atoms with Crippen LogP contribution >= 0.6 is 11.8 Å². The lowest BCUT2D eigenvalue weighted by atomic mass is 9.84. The standard InChI is InChI=1S/C16H26N2S/c1-15(2,3)13-8-6-12(7-9-13)14(18-17)16(4)10-5-11-19-16/h6-9,14,18H,5,10-11,17H2,1-4H3. The molecule has 0 amide bonds. The molecule has 3 N–H and O–H groups in total. The molecule has 1 heterocycles. The monoisotopic (exact) mass is 278 g/mol. The van der Waals surface area contributed by atoms with Gasteiger partial charge in [0.15, 0.2) is 0 Å². The van der Waals surface area contributed by atoms with Gasteiger partial charge < -0.3 is 0 Å². The van der Waals surface area contributed by atoms with Gasteiger partial charge in [-0.05, 0) is 42.1 Å². The van der Waals surface area contributed by atoms with Crippen molar-refractivity contribution in [2.45, 2.75) is 56.7 Å². The second-order valence-electron chi connectivity index (χ2n) is 6.74. The Kier molecular flexibility index (Phi) is 4.29. The predicted octanol–water partition coefficient (Wildman–Crippen LogP) is 3.77. The topological polar surface area (TPSA) is 38.0 Å². The Hall–Kier alpha value is -0.510. The van der Waals surface area contributed by atoms with Crippen LogP contribution in [0.2, 0.25) is 0 Å². The average Bonchev–Trinajstić information content (AvgIpc) is 2.77. The molecule has 2 atom stereocenters. The lowest BCUT2D eigenvalue weighted by molar-refractivity contribution is 0.420. The smallest absolute Gasteiger partial charge is 0.0604 e. The number of benzene rings is 1. The van der Waals surface area contributed by atoms with Crippen molar-refractivity contribution in [1.82, 2.24) is 5.43 Å². The van der Waals surface area contributed by atoms with E-state index in [1.807, 2.05) is 11.8 Å². The van der Waals surface area contributed by atoms with Gasteiger partial charge in [-0.1, -0.05) is 45.0 Å². The highest BCUT2D eigenvalue weighted by molar-refractivity contribution is 8.00. The van der Waals surface area contributed by atoms with Gasteiger partial charge in [-0.3, -0.25) is 11.3 Å². The molecule has 1 fully saturated rings. The van der Waals surface area contributed by atoms with E-state index in [2.05, 4.69) is 57.4 Å². The molecule has 0 bridgehead atoms. The van der Waals surface area contributed by atoms with Gasteiger partial charge in [0, 0.05) is 4.75 Å². The molecule has 1 aliphatic heterocycles. The van der Waals surface area contributed by atoms with Crippen LogP contribution in [0.15, 0.2) is 24.3 Å². The molecule has 1 aliphatic rings. The summed E-state index contributed by atoms with van der Waals surface area (Å²) >= 11 is 2.04. The fourth-order valence-electron chi connectivity index (χ4n) is 2.83. The van der Waals surface area contributed by atoms with Crippen molar-refractivity contribution in [2.75, 3.05) is 5.75 Å². The van der Waals surface area contributed by atoms with Gasteiger partial charge in [0.25, 0.3) is 0 Å². The van der Waals surface area contributed by atoms with Crippen LogP contribution < -0.4 is 11.3 Å². The van der Waals surface area contributed by atoms with Crippen LogP contribution in [0.4, 0.5) is 0 Å². The van der Waals surface area contributed by atoms with Gasteiger partial charge in [-0.2, -0.15) is 11.8 Å². The maximum Gasteiger partial charge on any atom is 0.0604 e. The molecule has 2 unspecified atom stereocenters. The fraction of sp³-hybridized carbons (Fsp3) is 0.625. The molecular weight excluding hydrogens is 252 g/mol.